The van der Waals surface area contributed by atoms with Crippen LogP contribution in [0.4, 0.5) is 0 Å². The van der Waals surface area contributed by atoms with Gasteiger partial charge in [0, 0.05) is 12.0 Å². The van der Waals surface area contributed by atoms with Gasteiger partial charge >= 0.3 is 0 Å². The van der Waals surface area contributed by atoms with Crippen LogP contribution in [0.1, 0.15) is 49.1 Å². The molecule has 1 aromatic carbocycles. The number of likely N-dealkylation sites (tertiary alicyclic amines) is 1. The van der Waals surface area contributed by atoms with Crippen molar-refractivity contribution in [1.82, 2.24) is 4.90 Å². The summed E-state index contributed by atoms with van der Waals surface area (Å²) >= 11 is 0. The van der Waals surface area contributed by atoms with E-state index < -0.39 is 0 Å². The molecule has 1 unspecified atom stereocenters. The highest BCUT2D eigenvalue weighted by molar-refractivity contribution is 5.33. The summed E-state index contributed by atoms with van der Waals surface area (Å²) in [5.74, 6) is 0.694. The van der Waals surface area contributed by atoms with Gasteiger partial charge in [0.1, 0.15) is 0 Å². The summed E-state index contributed by atoms with van der Waals surface area (Å²) in [5.41, 5.74) is 2.90. The topological polar surface area (TPSA) is 23.5 Å². The van der Waals surface area contributed by atoms with Crippen LogP contribution in [0.15, 0.2) is 24.3 Å². The summed E-state index contributed by atoms with van der Waals surface area (Å²) in [7, 11) is 2.22. The Morgan fingerprint density at radius 1 is 1.21 bits per heavy atom. The number of nitrogens with zero attached hydrogens (tertiary/aromatic N) is 1. The lowest BCUT2D eigenvalue weighted by Crippen LogP contribution is -2.37. The quantitative estimate of drug-likeness (QED) is 0.902. The minimum atomic E-state index is 0.0852. The van der Waals surface area contributed by atoms with Gasteiger partial charge in [0.15, 0.2) is 0 Å². The van der Waals surface area contributed by atoms with Gasteiger partial charge in [0.05, 0.1) is 6.61 Å². The van der Waals surface area contributed by atoms with Crippen LogP contribution >= 0.6 is 0 Å². The molecule has 2 nitrogen and oxygen atoms in total. The number of rotatable bonds is 3. The van der Waals surface area contributed by atoms with E-state index >= 15 is 0 Å². The first-order chi connectivity index (χ1) is 9.23. The molecule has 1 heterocycles. The average Bonchev–Trinajstić information content (AvgIpc) is 2.39. The molecule has 1 saturated carbocycles. The maximum absolute atomic E-state index is 9.64. The van der Waals surface area contributed by atoms with Crippen LogP contribution in [0.3, 0.4) is 0 Å². The summed E-state index contributed by atoms with van der Waals surface area (Å²) in [6.45, 7) is 2.73. The van der Waals surface area contributed by atoms with Crippen LogP contribution in [-0.4, -0.2) is 36.8 Å². The summed E-state index contributed by atoms with van der Waals surface area (Å²) in [6, 6.07) is 9.13. The highest BCUT2D eigenvalue weighted by Gasteiger charge is 2.37. The van der Waals surface area contributed by atoms with Crippen LogP contribution in [0.25, 0.3) is 0 Å². The van der Waals surface area contributed by atoms with E-state index in [9.17, 15) is 5.11 Å². The fraction of sp³-hybridized carbons (Fsp3) is 0.647. The molecule has 0 spiro atoms. The molecule has 2 fully saturated rings. The zero-order valence-electron chi connectivity index (χ0n) is 11.9. The van der Waals surface area contributed by atoms with Gasteiger partial charge in [0.25, 0.3) is 0 Å². The fourth-order valence-electron chi connectivity index (χ4n) is 3.69. The van der Waals surface area contributed by atoms with Crippen molar-refractivity contribution in [3.8, 4) is 0 Å². The molecule has 1 N–H and O–H groups in total. The van der Waals surface area contributed by atoms with Crippen molar-refractivity contribution in [2.75, 3.05) is 26.7 Å². The van der Waals surface area contributed by atoms with E-state index in [1.54, 1.807) is 0 Å². The standard InChI is InChI=1S/C17H25NO/c1-18-11-2-4-15(12-18)14-5-7-16(8-6-14)17(13-19)9-3-10-17/h5-8,15,19H,2-4,9-13H2,1H3. The third-order valence-electron chi connectivity index (χ3n) is 5.23. The van der Waals surface area contributed by atoms with Gasteiger partial charge in [-0.2, -0.15) is 0 Å². The number of piperidine rings is 1. The molecule has 1 atom stereocenters. The third-order valence-corrected chi connectivity index (χ3v) is 5.23. The first-order valence-corrected chi connectivity index (χ1v) is 7.63. The van der Waals surface area contributed by atoms with Crippen molar-refractivity contribution in [2.45, 2.75) is 43.4 Å². The summed E-state index contributed by atoms with van der Waals surface area (Å²) < 4.78 is 0. The number of hydrogen-bond acceptors (Lipinski definition) is 2. The van der Waals surface area contributed by atoms with Crippen LogP contribution in [-0.2, 0) is 5.41 Å². The van der Waals surface area contributed by atoms with E-state index in [0.717, 1.165) is 12.8 Å². The van der Waals surface area contributed by atoms with Gasteiger partial charge in [0.2, 0.25) is 0 Å². The molecule has 0 aromatic heterocycles. The summed E-state index contributed by atoms with van der Waals surface area (Å²) in [4.78, 5) is 2.43. The Kier molecular flexibility index (Phi) is 3.64. The van der Waals surface area contributed by atoms with Gasteiger partial charge in [-0.05, 0) is 56.3 Å². The van der Waals surface area contributed by atoms with Crippen LogP contribution < -0.4 is 0 Å². The fourth-order valence-corrected chi connectivity index (χ4v) is 3.69. The zero-order valence-corrected chi connectivity index (χ0v) is 11.9. The molecule has 19 heavy (non-hydrogen) atoms. The maximum Gasteiger partial charge on any atom is 0.0527 e. The van der Waals surface area contributed by atoms with Gasteiger partial charge < -0.3 is 10.0 Å². The van der Waals surface area contributed by atoms with E-state index in [1.807, 2.05) is 0 Å². The second kappa shape index (κ2) is 5.26. The van der Waals surface area contributed by atoms with E-state index in [2.05, 4.69) is 36.2 Å². The number of benzene rings is 1. The molecule has 104 valence electrons. The molecule has 0 amide bonds. The van der Waals surface area contributed by atoms with Gasteiger partial charge in [-0.25, -0.2) is 0 Å². The van der Waals surface area contributed by atoms with Crippen LogP contribution in [0.5, 0.6) is 0 Å². The highest BCUT2D eigenvalue weighted by atomic mass is 16.3. The van der Waals surface area contributed by atoms with E-state index in [4.69, 9.17) is 0 Å². The van der Waals surface area contributed by atoms with Crippen LogP contribution in [0.2, 0.25) is 0 Å². The predicted octanol–water partition coefficient (Wildman–Crippen LogP) is 2.91. The third kappa shape index (κ3) is 2.44. The molecule has 3 rings (SSSR count). The van der Waals surface area contributed by atoms with Crippen molar-refractivity contribution in [2.24, 2.45) is 0 Å². The molecule has 2 aliphatic rings. The highest BCUT2D eigenvalue weighted by Crippen LogP contribution is 2.43. The Balaban J connectivity index is 1.75. The summed E-state index contributed by atoms with van der Waals surface area (Å²) in [6.07, 6.45) is 6.18. The molecule has 2 heteroatoms. The van der Waals surface area contributed by atoms with Gasteiger partial charge in [-0.3, -0.25) is 0 Å². The first kappa shape index (κ1) is 13.1. The lowest BCUT2D eigenvalue weighted by Gasteiger charge is -2.41. The molecule has 1 saturated heterocycles. The van der Waals surface area contributed by atoms with Crippen molar-refractivity contribution < 1.29 is 5.11 Å². The number of aliphatic hydroxyl groups excluding tert-OH is 1. The minimum absolute atomic E-state index is 0.0852. The average molecular weight is 259 g/mol. The normalized spacial score (nSPS) is 26.9. The molecule has 1 aromatic rings. The lowest BCUT2D eigenvalue weighted by molar-refractivity contribution is 0.120. The Morgan fingerprint density at radius 2 is 1.95 bits per heavy atom. The zero-order chi connectivity index (χ0) is 13.3. The molecule has 1 aliphatic carbocycles. The van der Waals surface area contributed by atoms with Gasteiger partial charge in [-0.15, -0.1) is 0 Å². The number of hydrogen-bond donors (Lipinski definition) is 1. The van der Waals surface area contributed by atoms with E-state index in [0.29, 0.717) is 12.5 Å². The van der Waals surface area contributed by atoms with Gasteiger partial charge in [-0.1, -0.05) is 30.7 Å². The molecule has 1 aliphatic heterocycles. The Hall–Kier alpha value is -0.860. The van der Waals surface area contributed by atoms with E-state index in [1.165, 1.54) is 43.5 Å². The van der Waals surface area contributed by atoms with E-state index in [-0.39, 0.29) is 5.41 Å². The monoisotopic (exact) mass is 259 g/mol. The maximum atomic E-state index is 9.64. The second-order valence-electron chi connectivity index (χ2n) is 6.52. The Labute approximate surface area is 116 Å². The second-order valence-corrected chi connectivity index (χ2v) is 6.52. The van der Waals surface area contributed by atoms with Crippen molar-refractivity contribution in [3.05, 3.63) is 35.4 Å². The van der Waals surface area contributed by atoms with Crippen molar-refractivity contribution in [1.29, 1.82) is 0 Å². The van der Waals surface area contributed by atoms with Crippen molar-refractivity contribution >= 4 is 0 Å². The summed E-state index contributed by atoms with van der Waals surface area (Å²) in [5, 5.41) is 9.64. The lowest BCUT2D eigenvalue weighted by atomic mass is 9.65. The number of aliphatic hydroxyl groups is 1. The van der Waals surface area contributed by atoms with Crippen molar-refractivity contribution in [3.63, 3.8) is 0 Å². The van der Waals surface area contributed by atoms with Crippen LogP contribution in [0, 0.1) is 0 Å². The Bertz CT molecular complexity index is 416. The Morgan fingerprint density at radius 3 is 2.47 bits per heavy atom. The minimum Gasteiger partial charge on any atom is -0.395 e. The smallest absolute Gasteiger partial charge is 0.0527 e. The largest absolute Gasteiger partial charge is 0.395 e. The SMILES string of the molecule is CN1CCCC(c2ccc(C3(CO)CCC3)cc2)C1. The predicted molar refractivity (Wildman–Crippen MR) is 78.5 cm³/mol. The first-order valence-electron chi connectivity index (χ1n) is 7.63. The number of likely N-dealkylation sites (N-methyl/N-ethyl adjacent to an activating group) is 1. The molecule has 0 radical (unpaired) electrons. The molecule has 0 bridgehead atoms. The molecular weight excluding hydrogens is 234 g/mol. The molecular formula is C17H25NO.